The summed E-state index contributed by atoms with van der Waals surface area (Å²) in [7, 11) is -3.06. The van der Waals surface area contributed by atoms with Crippen molar-refractivity contribution in [3.05, 3.63) is 0 Å². The molecule has 1 heterocycles. The Hall–Kier alpha value is 0.160. The quantitative estimate of drug-likeness (QED) is 0.705. The van der Waals surface area contributed by atoms with Crippen molar-refractivity contribution >= 4 is 22.4 Å². The average molecular weight is 229 g/mol. The maximum atomic E-state index is 11.0. The molecular weight excluding hydrogens is 212 g/mol. The van der Waals surface area contributed by atoms with Crippen molar-refractivity contribution in [3.8, 4) is 0 Å². The predicted molar refractivity (Wildman–Crippen MR) is 55.7 cm³/mol. The van der Waals surface area contributed by atoms with Gasteiger partial charge in [0, 0.05) is 5.54 Å². The molecule has 80 valence electrons. The second-order valence-electron chi connectivity index (χ2n) is 3.68. The molecule has 0 aromatic rings. The third-order valence-electron chi connectivity index (χ3n) is 2.14. The SMILES string of the molecule is CC1(NS(C)(=O)=O)CCNCC1.Cl. The summed E-state index contributed by atoms with van der Waals surface area (Å²) in [6, 6.07) is 0. The zero-order valence-electron chi connectivity index (χ0n) is 7.96. The molecular formula is C7H17ClN2O2S. The zero-order valence-corrected chi connectivity index (χ0v) is 9.59. The summed E-state index contributed by atoms with van der Waals surface area (Å²) in [6.07, 6.45) is 2.93. The molecule has 0 aromatic carbocycles. The molecule has 1 fully saturated rings. The molecule has 0 radical (unpaired) electrons. The van der Waals surface area contributed by atoms with Crippen molar-refractivity contribution in [2.75, 3.05) is 19.3 Å². The topological polar surface area (TPSA) is 58.2 Å². The molecule has 13 heavy (non-hydrogen) atoms. The third kappa shape index (κ3) is 4.81. The van der Waals surface area contributed by atoms with E-state index < -0.39 is 10.0 Å². The smallest absolute Gasteiger partial charge is 0.209 e. The van der Waals surface area contributed by atoms with Gasteiger partial charge in [-0.15, -0.1) is 12.4 Å². The van der Waals surface area contributed by atoms with Gasteiger partial charge in [0.1, 0.15) is 0 Å². The van der Waals surface area contributed by atoms with E-state index in [2.05, 4.69) is 10.0 Å². The van der Waals surface area contributed by atoms with Gasteiger partial charge < -0.3 is 5.32 Å². The molecule has 0 saturated carbocycles. The fourth-order valence-corrected chi connectivity index (χ4v) is 2.63. The van der Waals surface area contributed by atoms with Crippen LogP contribution in [0, 0.1) is 0 Å². The van der Waals surface area contributed by atoms with Crippen LogP contribution >= 0.6 is 12.4 Å². The zero-order chi connectivity index (χ0) is 9.24. The van der Waals surface area contributed by atoms with E-state index in [1.54, 1.807) is 0 Å². The fraction of sp³-hybridized carbons (Fsp3) is 1.00. The van der Waals surface area contributed by atoms with Crippen LogP contribution in [0.25, 0.3) is 0 Å². The monoisotopic (exact) mass is 228 g/mol. The van der Waals surface area contributed by atoms with Gasteiger partial charge in [-0.3, -0.25) is 0 Å². The molecule has 0 unspecified atom stereocenters. The van der Waals surface area contributed by atoms with Crippen molar-refractivity contribution in [2.24, 2.45) is 0 Å². The molecule has 0 aliphatic carbocycles. The van der Waals surface area contributed by atoms with E-state index in [0.717, 1.165) is 25.9 Å². The summed E-state index contributed by atoms with van der Waals surface area (Å²) >= 11 is 0. The van der Waals surface area contributed by atoms with Crippen LogP contribution in [0.1, 0.15) is 19.8 Å². The van der Waals surface area contributed by atoms with Crippen molar-refractivity contribution < 1.29 is 8.42 Å². The maximum Gasteiger partial charge on any atom is 0.209 e. The van der Waals surface area contributed by atoms with Crippen molar-refractivity contribution in [3.63, 3.8) is 0 Å². The number of halogens is 1. The van der Waals surface area contributed by atoms with Crippen LogP contribution in [-0.2, 0) is 10.0 Å². The normalized spacial score (nSPS) is 22.0. The minimum absolute atomic E-state index is 0. The average Bonchev–Trinajstić information content (AvgIpc) is 1.83. The Morgan fingerprint density at radius 2 is 1.77 bits per heavy atom. The van der Waals surface area contributed by atoms with Gasteiger partial charge in [-0.1, -0.05) is 0 Å². The van der Waals surface area contributed by atoms with Gasteiger partial charge in [0.15, 0.2) is 0 Å². The van der Waals surface area contributed by atoms with E-state index >= 15 is 0 Å². The van der Waals surface area contributed by atoms with E-state index in [-0.39, 0.29) is 17.9 Å². The highest BCUT2D eigenvalue weighted by atomic mass is 35.5. The Morgan fingerprint density at radius 3 is 2.15 bits per heavy atom. The van der Waals surface area contributed by atoms with Gasteiger partial charge in [0.25, 0.3) is 0 Å². The number of nitrogens with one attached hydrogen (secondary N) is 2. The summed E-state index contributed by atoms with van der Waals surface area (Å²) in [6.45, 7) is 3.73. The number of piperidine rings is 1. The fourth-order valence-electron chi connectivity index (χ4n) is 1.53. The Labute approximate surface area is 85.9 Å². The Balaban J connectivity index is 0.00000144. The van der Waals surface area contributed by atoms with Gasteiger partial charge in [-0.2, -0.15) is 0 Å². The van der Waals surface area contributed by atoms with Crippen LogP contribution in [0.3, 0.4) is 0 Å². The molecule has 6 heteroatoms. The molecule has 1 saturated heterocycles. The van der Waals surface area contributed by atoms with Crippen LogP contribution < -0.4 is 10.0 Å². The van der Waals surface area contributed by atoms with Crippen LogP contribution in [-0.4, -0.2) is 33.3 Å². The standard InChI is InChI=1S/C7H16N2O2S.ClH/c1-7(9-12(2,10)11)3-5-8-6-4-7;/h8-9H,3-6H2,1-2H3;1H. The van der Waals surface area contributed by atoms with Crippen LogP contribution in [0.5, 0.6) is 0 Å². The highest BCUT2D eigenvalue weighted by Gasteiger charge is 2.29. The van der Waals surface area contributed by atoms with Gasteiger partial charge in [0.05, 0.1) is 6.26 Å². The van der Waals surface area contributed by atoms with Gasteiger partial charge in [-0.25, -0.2) is 13.1 Å². The lowest BCUT2D eigenvalue weighted by Gasteiger charge is -2.33. The maximum absolute atomic E-state index is 11.0. The highest BCUT2D eigenvalue weighted by molar-refractivity contribution is 7.88. The Kier molecular flexibility index (Phi) is 4.65. The van der Waals surface area contributed by atoms with E-state index in [9.17, 15) is 8.42 Å². The van der Waals surface area contributed by atoms with Gasteiger partial charge >= 0.3 is 0 Å². The van der Waals surface area contributed by atoms with E-state index in [1.165, 1.54) is 6.26 Å². The first-order valence-electron chi connectivity index (χ1n) is 4.11. The lowest BCUT2D eigenvalue weighted by atomic mass is 9.92. The van der Waals surface area contributed by atoms with E-state index in [1.807, 2.05) is 6.92 Å². The first kappa shape index (κ1) is 13.2. The first-order valence-corrected chi connectivity index (χ1v) is 6.00. The largest absolute Gasteiger partial charge is 0.317 e. The van der Waals surface area contributed by atoms with E-state index in [0.29, 0.717) is 0 Å². The van der Waals surface area contributed by atoms with Crippen LogP contribution in [0.15, 0.2) is 0 Å². The van der Waals surface area contributed by atoms with Crippen molar-refractivity contribution in [2.45, 2.75) is 25.3 Å². The van der Waals surface area contributed by atoms with Gasteiger partial charge in [0.2, 0.25) is 10.0 Å². The third-order valence-corrected chi connectivity index (χ3v) is 3.00. The molecule has 0 spiro atoms. The summed E-state index contributed by atoms with van der Waals surface area (Å²) < 4.78 is 24.6. The lowest BCUT2D eigenvalue weighted by Crippen LogP contribution is -2.51. The Bertz CT molecular complexity index is 247. The molecule has 1 aliphatic rings. The number of rotatable bonds is 2. The predicted octanol–water partition coefficient (Wildman–Crippen LogP) is 0.0995. The van der Waals surface area contributed by atoms with Crippen LogP contribution in [0.4, 0.5) is 0 Å². The molecule has 0 atom stereocenters. The summed E-state index contributed by atoms with van der Waals surface area (Å²) in [4.78, 5) is 0. The second-order valence-corrected chi connectivity index (χ2v) is 5.43. The minimum atomic E-state index is -3.06. The molecule has 1 rings (SSSR count). The molecule has 0 amide bonds. The second kappa shape index (κ2) is 4.59. The number of sulfonamides is 1. The van der Waals surface area contributed by atoms with Crippen molar-refractivity contribution in [1.82, 2.24) is 10.0 Å². The van der Waals surface area contributed by atoms with E-state index in [4.69, 9.17) is 0 Å². The molecule has 0 aromatic heterocycles. The van der Waals surface area contributed by atoms with Crippen molar-refractivity contribution in [1.29, 1.82) is 0 Å². The van der Waals surface area contributed by atoms with Crippen LogP contribution in [0.2, 0.25) is 0 Å². The molecule has 2 N–H and O–H groups in total. The summed E-state index contributed by atoms with van der Waals surface area (Å²) in [5, 5.41) is 3.19. The summed E-state index contributed by atoms with van der Waals surface area (Å²) in [5.74, 6) is 0. The molecule has 1 aliphatic heterocycles. The lowest BCUT2D eigenvalue weighted by molar-refractivity contribution is 0.308. The number of hydrogen-bond donors (Lipinski definition) is 2. The summed E-state index contributed by atoms with van der Waals surface area (Å²) in [5.41, 5.74) is -0.237. The Morgan fingerprint density at radius 1 is 1.31 bits per heavy atom. The highest BCUT2D eigenvalue weighted by Crippen LogP contribution is 2.17. The van der Waals surface area contributed by atoms with Gasteiger partial charge in [-0.05, 0) is 32.9 Å². The molecule has 0 bridgehead atoms. The minimum Gasteiger partial charge on any atom is -0.317 e. The first-order chi connectivity index (χ1) is 5.41. The molecule has 4 nitrogen and oxygen atoms in total. The number of hydrogen-bond acceptors (Lipinski definition) is 3.